The highest BCUT2D eigenvalue weighted by Gasteiger charge is 2.32. The van der Waals surface area contributed by atoms with E-state index in [-0.39, 0.29) is 35.9 Å². The quantitative estimate of drug-likeness (QED) is 0.306. The van der Waals surface area contributed by atoms with Crippen LogP contribution in [0.15, 0.2) is 40.7 Å². The number of amides is 1. The molecule has 1 amide bonds. The van der Waals surface area contributed by atoms with Gasteiger partial charge in [0.15, 0.2) is 5.96 Å². The fourth-order valence-corrected chi connectivity index (χ4v) is 5.31. The molecule has 0 radical (unpaired) electrons. The molecule has 0 bridgehead atoms. The molecule has 1 saturated carbocycles. The van der Waals surface area contributed by atoms with Gasteiger partial charge in [-0.2, -0.15) is 0 Å². The van der Waals surface area contributed by atoms with E-state index in [0.29, 0.717) is 5.91 Å². The summed E-state index contributed by atoms with van der Waals surface area (Å²) in [7, 11) is 3.48. The second-order valence-electron chi connectivity index (χ2n) is 8.35. The lowest BCUT2D eigenvalue weighted by molar-refractivity contribution is -0.134. The highest BCUT2D eigenvalue weighted by atomic mass is 127. The number of hydrogen-bond donors (Lipinski definition) is 2. The fourth-order valence-electron chi connectivity index (χ4n) is 4.48. The minimum Gasteiger partial charge on any atom is -0.497 e. The molecule has 1 aliphatic carbocycles. The number of nitrogens with one attached hydrogen (secondary N) is 2. The second kappa shape index (κ2) is 11.9. The summed E-state index contributed by atoms with van der Waals surface area (Å²) < 4.78 is 5.24. The van der Waals surface area contributed by atoms with Gasteiger partial charge in [0.2, 0.25) is 5.91 Å². The van der Waals surface area contributed by atoms with Gasteiger partial charge in [0, 0.05) is 37.0 Å². The van der Waals surface area contributed by atoms with Crippen LogP contribution in [0.3, 0.4) is 0 Å². The Bertz CT molecular complexity index is 909. The molecule has 1 aromatic heterocycles. The van der Waals surface area contributed by atoms with E-state index in [1.165, 1.54) is 28.8 Å². The van der Waals surface area contributed by atoms with Gasteiger partial charge in [0.1, 0.15) is 5.75 Å². The summed E-state index contributed by atoms with van der Waals surface area (Å²) in [6.07, 6.45) is 5.50. The minimum absolute atomic E-state index is 0. The Morgan fingerprint density at radius 1 is 1.19 bits per heavy atom. The van der Waals surface area contributed by atoms with Crippen molar-refractivity contribution in [1.82, 2.24) is 15.5 Å². The maximum atomic E-state index is 12.7. The smallest absolute Gasteiger partial charge is 0.225 e. The molecule has 2 heterocycles. The van der Waals surface area contributed by atoms with E-state index in [4.69, 9.17) is 4.74 Å². The van der Waals surface area contributed by atoms with Crippen LogP contribution in [0, 0.1) is 5.92 Å². The Hall–Kier alpha value is -1.81. The standard InChI is InChI=1S/C24H32N4O2S.HI/c1-25-24(27-20-11-12-28(15-20)23(29)18-5-3-4-6-18)26-14-22-13-19(16-31-22)17-7-9-21(30-2)10-8-17;/h7-10,13,16,18,20H,3-6,11-12,14-15H2,1-2H3,(H2,25,26,27);1H. The number of ether oxygens (including phenoxy) is 1. The predicted octanol–water partition coefficient (Wildman–Crippen LogP) is 4.50. The van der Waals surface area contributed by atoms with Crippen molar-refractivity contribution in [3.05, 3.63) is 40.6 Å². The van der Waals surface area contributed by atoms with Crippen LogP contribution < -0.4 is 15.4 Å². The van der Waals surface area contributed by atoms with Crippen LogP contribution in [0.25, 0.3) is 11.1 Å². The molecule has 2 fully saturated rings. The van der Waals surface area contributed by atoms with Gasteiger partial charge >= 0.3 is 0 Å². The number of thiophene rings is 1. The Morgan fingerprint density at radius 2 is 1.94 bits per heavy atom. The zero-order chi connectivity index (χ0) is 21.6. The summed E-state index contributed by atoms with van der Waals surface area (Å²) in [5.74, 6) is 2.27. The van der Waals surface area contributed by atoms with Crippen molar-refractivity contribution < 1.29 is 9.53 Å². The first kappa shape index (κ1) is 24.8. The van der Waals surface area contributed by atoms with E-state index < -0.39 is 0 Å². The third-order valence-corrected chi connectivity index (χ3v) is 7.21. The molecule has 2 N–H and O–H groups in total. The van der Waals surface area contributed by atoms with E-state index in [1.54, 1.807) is 25.5 Å². The molecule has 1 aliphatic heterocycles. The van der Waals surface area contributed by atoms with Gasteiger partial charge in [-0.1, -0.05) is 25.0 Å². The van der Waals surface area contributed by atoms with Gasteiger partial charge in [-0.25, -0.2) is 0 Å². The normalized spacial score (nSPS) is 19.0. The van der Waals surface area contributed by atoms with Crippen LogP contribution >= 0.6 is 35.3 Å². The lowest BCUT2D eigenvalue weighted by atomic mass is 10.1. The number of guanidine groups is 1. The molecule has 2 aromatic rings. The van der Waals surface area contributed by atoms with E-state index in [0.717, 1.165) is 50.6 Å². The summed E-state index contributed by atoms with van der Waals surface area (Å²) in [5.41, 5.74) is 2.40. The average molecular weight is 569 g/mol. The first-order chi connectivity index (χ1) is 15.2. The van der Waals surface area contributed by atoms with Crippen molar-refractivity contribution in [3.63, 3.8) is 0 Å². The number of carbonyl (C=O) groups is 1. The van der Waals surface area contributed by atoms with Gasteiger partial charge in [-0.15, -0.1) is 35.3 Å². The summed E-state index contributed by atoms with van der Waals surface area (Å²) in [5, 5.41) is 9.10. The summed E-state index contributed by atoms with van der Waals surface area (Å²) in [6.45, 7) is 2.34. The number of carbonyl (C=O) groups excluding carboxylic acids is 1. The highest BCUT2D eigenvalue weighted by Crippen LogP contribution is 2.28. The number of rotatable bonds is 6. The molecule has 1 aromatic carbocycles. The Kier molecular flexibility index (Phi) is 9.22. The first-order valence-corrected chi connectivity index (χ1v) is 12.0. The first-order valence-electron chi connectivity index (χ1n) is 11.1. The number of nitrogens with zero attached hydrogens (tertiary/aromatic N) is 2. The minimum atomic E-state index is 0. The molecule has 32 heavy (non-hydrogen) atoms. The molecule has 4 rings (SSSR count). The Labute approximate surface area is 211 Å². The highest BCUT2D eigenvalue weighted by molar-refractivity contribution is 14.0. The summed E-state index contributed by atoms with van der Waals surface area (Å²) in [6, 6.07) is 10.6. The zero-order valence-electron chi connectivity index (χ0n) is 18.8. The molecular weight excluding hydrogens is 535 g/mol. The maximum Gasteiger partial charge on any atom is 0.225 e. The van der Waals surface area contributed by atoms with Crippen molar-refractivity contribution in [2.75, 3.05) is 27.2 Å². The molecule has 1 saturated heterocycles. The molecule has 174 valence electrons. The molecular formula is C24H33IN4O2S. The van der Waals surface area contributed by atoms with Crippen LogP contribution in [0.2, 0.25) is 0 Å². The van der Waals surface area contributed by atoms with Crippen molar-refractivity contribution in [1.29, 1.82) is 0 Å². The number of benzene rings is 1. The molecule has 8 heteroatoms. The van der Waals surface area contributed by atoms with Crippen LogP contribution in [0.1, 0.15) is 37.0 Å². The van der Waals surface area contributed by atoms with Crippen molar-refractivity contribution in [2.24, 2.45) is 10.9 Å². The van der Waals surface area contributed by atoms with Gasteiger partial charge in [0.05, 0.1) is 13.7 Å². The molecule has 1 unspecified atom stereocenters. The monoisotopic (exact) mass is 568 g/mol. The van der Waals surface area contributed by atoms with Gasteiger partial charge in [-0.05, 0) is 54.0 Å². The maximum absolute atomic E-state index is 12.7. The second-order valence-corrected chi connectivity index (χ2v) is 9.35. The lowest BCUT2D eigenvalue weighted by Crippen LogP contribution is -2.45. The molecule has 0 spiro atoms. The largest absolute Gasteiger partial charge is 0.497 e. The van der Waals surface area contributed by atoms with Crippen molar-refractivity contribution in [3.8, 4) is 16.9 Å². The topological polar surface area (TPSA) is 66.0 Å². The van der Waals surface area contributed by atoms with E-state index in [9.17, 15) is 4.79 Å². The SMILES string of the molecule is CN=C(NCc1cc(-c2ccc(OC)cc2)cs1)NC1CCN(C(=O)C2CCCC2)C1.I. The van der Waals surface area contributed by atoms with Crippen molar-refractivity contribution >= 4 is 47.2 Å². The van der Waals surface area contributed by atoms with E-state index in [2.05, 4.69) is 39.2 Å². The Balaban J connectivity index is 0.00000289. The average Bonchev–Trinajstić information content (AvgIpc) is 3.58. The fraction of sp³-hybridized carbons (Fsp3) is 0.500. The number of halogens is 1. The van der Waals surface area contributed by atoms with Crippen molar-refractivity contribution in [2.45, 2.75) is 44.7 Å². The van der Waals surface area contributed by atoms with Gasteiger partial charge in [-0.3, -0.25) is 9.79 Å². The summed E-state index contributed by atoms with van der Waals surface area (Å²) >= 11 is 1.74. The molecule has 6 nitrogen and oxygen atoms in total. The van der Waals surface area contributed by atoms with Gasteiger partial charge < -0.3 is 20.3 Å². The van der Waals surface area contributed by atoms with Crippen LogP contribution in [0.4, 0.5) is 0 Å². The number of likely N-dealkylation sites (tertiary alicyclic amines) is 1. The van der Waals surface area contributed by atoms with E-state index >= 15 is 0 Å². The molecule has 2 aliphatic rings. The Morgan fingerprint density at radius 3 is 2.62 bits per heavy atom. The van der Waals surface area contributed by atoms with Crippen LogP contribution in [-0.2, 0) is 11.3 Å². The molecule has 1 atom stereocenters. The number of hydrogen-bond acceptors (Lipinski definition) is 4. The summed E-state index contributed by atoms with van der Waals surface area (Å²) in [4.78, 5) is 20.3. The third kappa shape index (κ3) is 6.15. The predicted molar refractivity (Wildman–Crippen MR) is 142 cm³/mol. The van der Waals surface area contributed by atoms with Crippen LogP contribution in [0.5, 0.6) is 5.75 Å². The number of aliphatic imine (C=N–C) groups is 1. The lowest BCUT2D eigenvalue weighted by Gasteiger charge is -2.21. The zero-order valence-corrected chi connectivity index (χ0v) is 21.9. The number of methoxy groups -OCH3 is 1. The van der Waals surface area contributed by atoms with Gasteiger partial charge in [0.25, 0.3) is 0 Å². The third-order valence-electron chi connectivity index (χ3n) is 6.28. The van der Waals surface area contributed by atoms with Crippen LogP contribution in [-0.4, -0.2) is 50.1 Å². The van der Waals surface area contributed by atoms with E-state index in [1.807, 2.05) is 17.0 Å².